The first-order chi connectivity index (χ1) is 8.77. The summed E-state index contributed by atoms with van der Waals surface area (Å²) < 4.78 is 1.92. The molecule has 2 aliphatic rings. The Balaban J connectivity index is 1.63. The summed E-state index contributed by atoms with van der Waals surface area (Å²) in [6.45, 7) is 0.613. The Labute approximate surface area is 111 Å². The van der Waals surface area contributed by atoms with E-state index in [0.29, 0.717) is 12.1 Å². The van der Waals surface area contributed by atoms with Crippen LogP contribution in [0.25, 0.3) is 0 Å². The predicted molar refractivity (Wildman–Crippen MR) is 73.6 cm³/mol. The number of hydrogen-bond acceptors (Lipinski definition) is 4. The number of thioether (sulfide) groups is 1. The van der Waals surface area contributed by atoms with Crippen LogP contribution in [0.4, 0.5) is 0 Å². The number of nitrogens with zero attached hydrogens (tertiary/aromatic N) is 4. The molecule has 0 bridgehead atoms. The van der Waals surface area contributed by atoms with E-state index in [0.717, 1.165) is 11.0 Å². The molecule has 0 radical (unpaired) electrons. The molecule has 3 rings (SSSR count). The van der Waals surface area contributed by atoms with Gasteiger partial charge in [0.05, 0.1) is 0 Å². The highest BCUT2D eigenvalue weighted by Crippen LogP contribution is 2.36. The van der Waals surface area contributed by atoms with Gasteiger partial charge in [-0.1, -0.05) is 31.0 Å². The van der Waals surface area contributed by atoms with Crippen LogP contribution in [0.5, 0.6) is 0 Å². The smallest absolute Gasteiger partial charge is 0.157 e. The lowest BCUT2D eigenvalue weighted by Crippen LogP contribution is -2.45. The van der Waals surface area contributed by atoms with E-state index < -0.39 is 0 Å². The van der Waals surface area contributed by atoms with Crippen molar-refractivity contribution in [1.82, 2.24) is 20.1 Å². The van der Waals surface area contributed by atoms with Crippen LogP contribution in [-0.2, 0) is 13.6 Å². The zero-order chi connectivity index (χ0) is 12.4. The van der Waals surface area contributed by atoms with Crippen molar-refractivity contribution in [1.29, 1.82) is 0 Å². The lowest BCUT2D eigenvalue weighted by Gasteiger charge is -2.32. The third kappa shape index (κ3) is 2.39. The molecule has 0 atom stereocenters. The summed E-state index contributed by atoms with van der Waals surface area (Å²) in [5, 5.41) is 12.6. The summed E-state index contributed by atoms with van der Waals surface area (Å²) >= 11 is 1.86. The second-order valence-electron chi connectivity index (χ2n) is 5.23. The molecular weight excluding hydrogens is 246 g/mol. The SMILES string of the molecule is Cn1cnnc1CN=C1NC2(CCCCC2)CS1. The van der Waals surface area contributed by atoms with Crippen molar-refractivity contribution in [2.45, 2.75) is 44.2 Å². The van der Waals surface area contributed by atoms with Crippen molar-refractivity contribution in [2.24, 2.45) is 12.0 Å². The first kappa shape index (κ1) is 12.0. The van der Waals surface area contributed by atoms with Gasteiger partial charge in [-0.05, 0) is 12.8 Å². The summed E-state index contributed by atoms with van der Waals surface area (Å²) in [5.74, 6) is 2.08. The molecule has 1 aliphatic heterocycles. The van der Waals surface area contributed by atoms with Crippen LogP contribution >= 0.6 is 11.8 Å². The molecule has 1 saturated carbocycles. The lowest BCUT2D eigenvalue weighted by molar-refractivity contribution is 0.303. The van der Waals surface area contributed by atoms with Gasteiger partial charge in [-0.25, -0.2) is 0 Å². The number of hydrogen-bond donors (Lipinski definition) is 1. The molecule has 1 aromatic heterocycles. The van der Waals surface area contributed by atoms with E-state index in [9.17, 15) is 0 Å². The number of nitrogens with one attached hydrogen (secondary N) is 1. The lowest BCUT2D eigenvalue weighted by atomic mass is 9.83. The Morgan fingerprint density at radius 2 is 2.28 bits per heavy atom. The predicted octanol–water partition coefficient (Wildman–Crippen LogP) is 1.71. The fourth-order valence-electron chi connectivity index (χ4n) is 2.68. The number of aryl methyl sites for hydroxylation is 1. The third-order valence-corrected chi connectivity index (χ3v) is 5.04. The highest BCUT2D eigenvalue weighted by Gasteiger charge is 2.37. The van der Waals surface area contributed by atoms with Gasteiger partial charge in [-0.3, -0.25) is 4.99 Å². The van der Waals surface area contributed by atoms with Gasteiger partial charge in [-0.15, -0.1) is 10.2 Å². The molecule has 1 aromatic rings. The van der Waals surface area contributed by atoms with Crippen LogP contribution in [0, 0.1) is 0 Å². The Hall–Kier alpha value is -1.04. The largest absolute Gasteiger partial charge is 0.359 e. The quantitative estimate of drug-likeness (QED) is 0.884. The Morgan fingerprint density at radius 1 is 1.44 bits per heavy atom. The molecule has 1 spiro atoms. The average Bonchev–Trinajstić information content (AvgIpc) is 2.96. The zero-order valence-electron chi connectivity index (χ0n) is 10.7. The molecule has 2 heterocycles. The van der Waals surface area contributed by atoms with Gasteiger partial charge >= 0.3 is 0 Å². The van der Waals surface area contributed by atoms with E-state index in [-0.39, 0.29) is 0 Å². The van der Waals surface area contributed by atoms with Crippen LogP contribution in [-0.4, -0.2) is 31.2 Å². The fourth-order valence-corrected chi connectivity index (χ4v) is 3.90. The van der Waals surface area contributed by atoms with Crippen LogP contribution in [0.3, 0.4) is 0 Å². The Bertz CT molecular complexity index is 447. The zero-order valence-corrected chi connectivity index (χ0v) is 11.5. The topological polar surface area (TPSA) is 55.1 Å². The monoisotopic (exact) mass is 265 g/mol. The normalized spacial score (nSPS) is 24.6. The molecule has 6 heteroatoms. The number of rotatable bonds is 2. The van der Waals surface area contributed by atoms with Gasteiger partial charge < -0.3 is 9.88 Å². The molecule has 0 amide bonds. The molecule has 0 unspecified atom stereocenters. The summed E-state index contributed by atoms with van der Waals surface area (Å²) in [7, 11) is 1.95. The molecule has 1 aliphatic carbocycles. The van der Waals surface area contributed by atoms with Gasteiger partial charge in [0.25, 0.3) is 0 Å². The first-order valence-corrected chi connectivity index (χ1v) is 7.54. The van der Waals surface area contributed by atoms with Gasteiger partial charge in [-0.2, -0.15) is 0 Å². The second-order valence-corrected chi connectivity index (χ2v) is 6.20. The maximum absolute atomic E-state index is 4.62. The van der Waals surface area contributed by atoms with E-state index in [4.69, 9.17) is 0 Å². The van der Waals surface area contributed by atoms with E-state index >= 15 is 0 Å². The van der Waals surface area contributed by atoms with Crippen LogP contribution < -0.4 is 5.32 Å². The van der Waals surface area contributed by atoms with Crippen molar-refractivity contribution < 1.29 is 0 Å². The second kappa shape index (κ2) is 4.91. The number of aliphatic imine (C=N–C) groups is 1. The summed E-state index contributed by atoms with van der Waals surface area (Å²) in [6.07, 6.45) is 8.40. The van der Waals surface area contributed by atoms with Crippen molar-refractivity contribution in [2.75, 3.05) is 5.75 Å². The van der Waals surface area contributed by atoms with Crippen molar-refractivity contribution in [3.05, 3.63) is 12.2 Å². The van der Waals surface area contributed by atoms with E-state index in [1.54, 1.807) is 6.33 Å². The van der Waals surface area contributed by atoms with Crippen molar-refractivity contribution in [3.8, 4) is 0 Å². The Morgan fingerprint density at radius 3 is 3.00 bits per heavy atom. The third-order valence-electron chi connectivity index (χ3n) is 3.84. The van der Waals surface area contributed by atoms with E-state index in [1.165, 1.54) is 37.9 Å². The molecule has 18 heavy (non-hydrogen) atoms. The molecular formula is C12H19N5S. The van der Waals surface area contributed by atoms with Gasteiger partial charge in [0, 0.05) is 18.3 Å². The summed E-state index contributed by atoms with van der Waals surface area (Å²) in [4.78, 5) is 4.62. The van der Waals surface area contributed by atoms with Crippen molar-refractivity contribution in [3.63, 3.8) is 0 Å². The molecule has 2 fully saturated rings. The molecule has 0 aromatic carbocycles. The van der Waals surface area contributed by atoms with Gasteiger partial charge in [0.1, 0.15) is 12.9 Å². The van der Waals surface area contributed by atoms with Crippen LogP contribution in [0.15, 0.2) is 11.3 Å². The fraction of sp³-hybridized carbons (Fsp3) is 0.750. The van der Waals surface area contributed by atoms with Crippen LogP contribution in [0.2, 0.25) is 0 Å². The average molecular weight is 265 g/mol. The molecule has 1 N–H and O–H groups in total. The minimum absolute atomic E-state index is 0.335. The standard InChI is InChI=1S/C12H19N5S/c1-17-9-14-16-10(17)7-13-11-15-12(8-18-11)5-3-2-4-6-12/h9H,2-8H2,1H3,(H,13,15). The summed E-state index contributed by atoms with van der Waals surface area (Å²) in [6, 6.07) is 0. The minimum atomic E-state index is 0.335. The molecule has 5 nitrogen and oxygen atoms in total. The number of aromatic nitrogens is 3. The highest BCUT2D eigenvalue weighted by atomic mass is 32.2. The van der Waals surface area contributed by atoms with Crippen molar-refractivity contribution >= 4 is 16.9 Å². The minimum Gasteiger partial charge on any atom is -0.359 e. The summed E-state index contributed by atoms with van der Waals surface area (Å²) in [5.41, 5.74) is 0.335. The number of amidine groups is 1. The maximum Gasteiger partial charge on any atom is 0.157 e. The Kier molecular flexibility index (Phi) is 3.28. The molecule has 98 valence electrons. The van der Waals surface area contributed by atoms with Gasteiger partial charge in [0.15, 0.2) is 11.0 Å². The first-order valence-electron chi connectivity index (χ1n) is 6.56. The highest BCUT2D eigenvalue weighted by molar-refractivity contribution is 8.14. The van der Waals surface area contributed by atoms with Gasteiger partial charge in [0.2, 0.25) is 0 Å². The maximum atomic E-state index is 4.62. The molecule has 1 saturated heterocycles. The van der Waals surface area contributed by atoms with E-state index in [1.807, 2.05) is 23.4 Å². The van der Waals surface area contributed by atoms with Crippen LogP contribution in [0.1, 0.15) is 37.9 Å². The van der Waals surface area contributed by atoms with E-state index in [2.05, 4.69) is 20.5 Å².